The Morgan fingerprint density at radius 2 is 1.92 bits per heavy atom. The molecule has 10 heteroatoms. The minimum Gasteiger partial charge on any atom is -0.496 e. The Bertz CT molecular complexity index is 1220. The van der Waals surface area contributed by atoms with Crippen LogP contribution in [0, 0.1) is 5.82 Å². The summed E-state index contributed by atoms with van der Waals surface area (Å²) in [5, 5.41) is 0.0351. The van der Waals surface area contributed by atoms with E-state index in [2.05, 4.69) is 11.7 Å². The number of allylic oxidation sites excluding steroid dienone is 4. The summed E-state index contributed by atoms with van der Waals surface area (Å²) in [5.74, 6) is -0.925. The lowest BCUT2D eigenvalue weighted by Crippen LogP contribution is -2.30. The van der Waals surface area contributed by atoms with Gasteiger partial charge in [0.2, 0.25) is 0 Å². The van der Waals surface area contributed by atoms with Crippen molar-refractivity contribution in [2.75, 3.05) is 27.4 Å². The Labute approximate surface area is 211 Å². The highest BCUT2D eigenvalue weighted by molar-refractivity contribution is 8.00. The normalized spacial score (nSPS) is 15.2. The highest BCUT2D eigenvalue weighted by atomic mass is 32.2. The summed E-state index contributed by atoms with van der Waals surface area (Å²) in [5.41, 5.74) is 0.842. The Kier molecular flexibility index (Phi) is 8.63. The lowest BCUT2D eigenvalue weighted by Gasteiger charge is -2.26. The Balaban J connectivity index is 2.09. The van der Waals surface area contributed by atoms with Crippen LogP contribution < -0.4 is 4.74 Å². The van der Waals surface area contributed by atoms with Gasteiger partial charge in [0.05, 0.1) is 31.1 Å². The zero-order valence-electron chi connectivity index (χ0n) is 20.3. The number of alkyl halides is 3. The van der Waals surface area contributed by atoms with Gasteiger partial charge in [0.15, 0.2) is 0 Å². The summed E-state index contributed by atoms with van der Waals surface area (Å²) < 4.78 is 65.1. The number of benzene rings is 2. The second kappa shape index (κ2) is 11.3. The van der Waals surface area contributed by atoms with Crippen molar-refractivity contribution < 1.29 is 31.8 Å². The van der Waals surface area contributed by atoms with Gasteiger partial charge in [-0.15, -0.1) is 11.8 Å². The monoisotopic (exact) mass is 522 g/mol. The van der Waals surface area contributed by atoms with Gasteiger partial charge < -0.3 is 14.4 Å². The van der Waals surface area contributed by atoms with E-state index in [0.717, 1.165) is 12.1 Å². The lowest BCUT2D eigenvalue weighted by atomic mass is 10.0. The fourth-order valence-corrected chi connectivity index (χ4v) is 4.58. The third-order valence-corrected chi connectivity index (χ3v) is 6.76. The zero-order valence-corrected chi connectivity index (χ0v) is 21.1. The molecule has 1 amide bonds. The molecule has 0 radical (unpaired) electrons. The molecule has 1 aliphatic heterocycles. The number of hydrogen-bond acceptors (Lipinski definition) is 5. The first-order valence-corrected chi connectivity index (χ1v) is 11.8. The Hall–Kier alpha value is -3.11. The van der Waals surface area contributed by atoms with E-state index in [9.17, 15) is 22.4 Å². The Morgan fingerprint density at radius 1 is 1.22 bits per heavy atom. The fraction of sp³-hybridized carbons (Fsp3) is 0.308. The van der Waals surface area contributed by atoms with Crippen LogP contribution in [-0.4, -0.2) is 50.1 Å². The van der Waals surface area contributed by atoms with Gasteiger partial charge in [-0.1, -0.05) is 0 Å². The first-order valence-electron chi connectivity index (χ1n) is 10.9. The van der Waals surface area contributed by atoms with Crippen LogP contribution in [0.4, 0.5) is 17.6 Å². The number of thioether (sulfide) groups is 1. The molecule has 0 atom stereocenters. The maximum atomic E-state index is 13.8. The molecule has 0 N–H and O–H groups in total. The van der Waals surface area contributed by atoms with E-state index in [0.29, 0.717) is 40.6 Å². The van der Waals surface area contributed by atoms with Gasteiger partial charge in [-0.05, 0) is 57.0 Å². The van der Waals surface area contributed by atoms with Gasteiger partial charge in [0, 0.05) is 46.1 Å². The van der Waals surface area contributed by atoms with Crippen LogP contribution in [0.3, 0.4) is 0 Å². The van der Waals surface area contributed by atoms with Gasteiger partial charge in [0.25, 0.3) is 5.91 Å². The minimum atomic E-state index is -4.62. The van der Waals surface area contributed by atoms with Crippen LogP contribution in [0.2, 0.25) is 0 Å². The van der Waals surface area contributed by atoms with E-state index in [-0.39, 0.29) is 16.6 Å². The van der Waals surface area contributed by atoms with E-state index in [1.807, 2.05) is 0 Å². The molecule has 0 spiro atoms. The quantitative estimate of drug-likeness (QED) is 0.227. The molecule has 2 aromatic carbocycles. The molecule has 0 aromatic heterocycles. The maximum absolute atomic E-state index is 13.8. The van der Waals surface area contributed by atoms with Crippen LogP contribution >= 0.6 is 11.8 Å². The van der Waals surface area contributed by atoms with Crippen molar-refractivity contribution in [1.82, 2.24) is 4.90 Å². The van der Waals surface area contributed by atoms with E-state index in [1.54, 1.807) is 19.9 Å². The number of methoxy groups -OCH3 is 1. The largest absolute Gasteiger partial charge is 0.496 e. The Morgan fingerprint density at radius 3 is 2.47 bits per heavy atom. The molecule has 0 unspecified atom stereocenters. The summed E-state index contributed by atoms with van der Waals surface area (Å²) in [6.45, 7) is 7.71. The third kappa shape index (κ3) is 6.36. The summed E-state index contributed by atoms with van der Waals surface area (Å²) in [7, 11) is 2.85. The number of hydrogen-bond donors (Lipinski definition) is 0. The van der Waals surface area contributed by atoms with Crippen LogP contribution in [0.5, 0.6) is 5.75 Å². The predicted molar refractivity (Wildman–Crippen MR) is 133 cm³/mol. The molecule has 2 aromatic rings. The van der Waals surface area contributed by atoms with Gasteiger partial charge in [-0.2, -0.15) is 13.2 Å². The van der Waals surface area contributed by atoms with Crippen molar-refractivity contribution in [3.63, 3.8) is 0 Å². The van der Waals surface area contributed by atoms with Crippen molar-refractivity contribution >= 4 is 30.0 Å². The van der Waals surface area contributed by atoms with Crippen molar-refractivity contribution in [1.29, 1.82) is 0 Å². The summed E-state index contributed by atoms with van der Waals surface area (Å²) in [6, 6.07) is 7.29. The van der Waals surface area contributed by atoms with Gasteiger partial charge in [-0.25, -0.2) is 4.39 Å². The molecule has 1 saturated heterocycles. The summed E-state index contributed by atoms with van der Waals surface area (Å²) >= 11 is 1.24. The SMILES string of the molecule is C=N/C(C)=C\C(=C(/C)N(C)C(=O)c1cc(SC2COC2)cc(C(F)(F)F)c1)c1ccc(F)cc1OC. The fourth-order valence-electron chi connectivity index (χ4n) is 3.47. The second-order valence-electron chi connectivity index (χ2n) is 8.17. The highest BCUT2D eigenvalue weighted by Crippen LogP contribution is 2.37. The topological polar surface area (TPSA) is 51.1 Å². The van der Waals surface area contributed by atoms with E-state index in [1.165, 1.54) is 55.1 Å². The van der Waals surface area contributed by atoms with Crippen LogP contribution in [0.15, 0.2) is 63.8 Å². The molecule has 0 bridgehead atoms. The number of carbonyl (C=O) groups is 1. The van der Waals surface area contributed by atoms with E-state index in [4.69, 9.17) is 9.47 Å². The molecule has 1 heterocycles. The first-order chi connectivity index (χ1) is 16.9. The molecule has 36 heavy (non-hydrogen) atoms. The predicted octanol–water partition coefficient (Wildman–Crippen LogP) is 6.45. The van der Waals surface area contributed by atoms with Crippen molar-refractivity contribution in [3.8, 4) is 5.75 Å². The summed E-state index contributed by atoms with van der Waals surface area (Å²) in [6.07, 6.45) is -2.97. The van der Waals surface area contributed by atoms with Crippen LogP contribution in [-0.2, 0) is 10.9 Å². The van der Waals surface area contributed by atoms with Gasteiger partial charge >= 0.3 is 6.18 Å². The average Bonchev–Trinajstić information content (AvgIpc) is 2.82. The number of carbonyl (C=O) groups excluding carboxylic acids is 1. The van der Waals surface area contributed by atoms with Gasteiger partial charge in [-0.3, -0.25) is 9.79 Å². The molecule has 5 nitrogen and oxygen atoms in total. The second-order valence-corrected chi connectivity index (χ2v) is 9.55. The average molecular weight is 523 g/mol. The zero-order chi connectivity index (χ0) is 26.6. The number of halogens is 4. The van der Waals surface area contributed by atoms with E-state index < -0.39 is 23.5 Å². The maximum Gasteiger partial charge on any atom is 0.416 e. The number of amides is 1. The number of aliphatic imine (C=N–C) groups is 1. The molecule has 1 aliphatic rings. The highest BCUT2D eigenvalue weighted by Gasteiger charge is 2.33. The molecule has 0 saturated carbocycles. The number of nitrogens with zero attached hydrogens (tertiary/aromatic N) is 2. The lowest BCUT2D eigenvalue weighted by molar-refractivity contribution is -0.137. The summed E-state index contributed by atoms with van der Waals surface area (Å²) in [4.78, 5) is 18.9. The smallest absolute Gasteiger partial charge is 0.416 e. The van der Waals surface area contributed by atoms with E-state index >= 15 is 0 Å². The van der Waals surface area contributed by atoms with Crippen molar-refractivity contribution in [2.45, 2.75) is 30.2 Å². The molecule has 3 rings (SSSR count). The standard InChI is InChI=1S/C26H26F4N2O3S/c1-15(31-3)8-23(22-7-6-19(27)12-24(22)34-5)16(2)32(4)25(33)17-9-18(26(28,29)30)11-20(10-17)36-21-13-35-14-21/h6-12,21H,3,13-14H2,1-2,4-5H3/b15-8-,23-16-. The molecule has 192 valence electrons. The third-order valence-electron chi connectivity index (χ3n) is 5.64. The number of ether oxygens (including phenoxy) is 2. The molecular weight excluding hydrogens is 496 g/mol. The molecule has 1 fully saturated rings. The van der Waals surface area contributed by atoms with Crippen molar-refractivity contribution in [3.05, 3.63) is 76.4 Å². The molecular formula is C26H26F4N2O3S. The first kappa shape index (κ1) is 27.5. The van der Waals surface area contributed by atoms with Crippen molar-refractivity contribution in [2.24, 2.45) is 4.99 Å². The van der Waals surface area contributed by atoms with Gasteiger partial charge in [0.1, 0.15) is 11.6 Å². The molecule has 0 aliphatic carbocycles. The minimum absolute atomic E-state index is 0.0351. The number of rotatable bonds is 8. The van der Waals surface area contributed by atoms with Crippen LogP contribution in [0.1, 0.15) is 35.3 Å². The van der Waals surface area contributed by atoms with Crippen LogP contribution in [0.25, 0.3) is 5.57 Å².